The third-order valence-electron chi connectivity index (χ3n) is 3.66. The first-order valence-electron chi connectivity index (χ1n) is 6.97. The first kappa shape index (κ1) is 12.8. The third kappa shape index (κ3) is 2.85. The van der Waals surface area contributed by atoms with Crippen LogP contribution >= 0.6 is 0 Å². The minimum Gasteiger partial charge on any atom is -0.353 e. The lowest BCUT2D eigenvalue weighted by Crippen LogP contribution is -2.36. The number of aromatic nitrogens is 1. The van der Waals surface area contributed by atoms with Gasteiger partial charge in [-0.15, -0.1) is 0 Å². The van der Waals surface area contributed by atoms with Gasteiger partial charge in [-0.2, -0.15) is 0 Å². The molecule has 104 valence electrons. The van der Waals surface area contributed by atoms with E-state index in [1.807, 2.05) is 54.5 Å². The smallest absolute Gasteiger partial charge is 0.322 e. The van der Waals surface area contributed by atoms with Gasteiger partial charge in [-0.25, -0.2) is 4.79 Å². The number of carbonyl (C=O) groups excluding carboxylic acids is 1. The number of anilines is 1. The molecule has 1 aliphatic carbocycles. The second-order valence-electron chi connectivity index (χ2n) is 5.27. The number of para-hydroxylation sites is 1. The summed E-state index contributed by atoms with van der Waals surface area (Å²) >= 11 is 0. The van der Waals surface area contributed by atoms with E-state index >= 15 is 0 Å². The Balaban J connectivity index is 1.71. The van der Waals surface area contributed by atoms with Gasteiger partial charge in [0.2, 0.25) is 0 Å². The van der Waals surface area contributed by atoms with Crippen molar-refractivity contribution >= 4 is 11.7 Å². The summed E-state index contributed by atoms with van der Waals surface area (Å²) in [5.41, 5.74) is 2.00. The fraction of sp³-hybridized carbons (Fsp3) is 0.312. The van der Waals surface area contributed by atoms with Gasteiger partial charge in [-0.1, -0.05) is 18.2 Å². The molecule has 0 unspecified atom stereocenters. The lowest BCUT2D eigenvalue weighted by atomic mass is 10.3. The summed E-state index contributed by atoms with van der Waals surface area (Å²) in [4.78, 5) is 14.4. The number of hydrogen-bond acceptors (Lipinski definition) is 1. The second-order valence-corrected chi connectivity index (χ2v) is 5.27. The molecule has 0 saturated heterocycles. The average Bonchev–Trinajstić information content (AvgIpc) is 3.21. The van der Waals surface area contributed by atoms with E-state index in [2.05, 4.69) is 16.0 Å². The predicted molar refractivity (Wildman–Crippen MR) is 79.4 cm³/mol. The lowest BCUT2D eigenvalue weighted by Gasteiger charge is -2.23. The topological polar surface area (TPSA) is 37.3 Å². The van der Waals surface area contributed by atoms with Gasteiger partial charge in [0.15, 0.2) is 0 Å². The number of aryl methyl sites for hydroxylation is 1. The fourth-order valence-electron chi connectivity index (χ4n) is 2.30. The van der Waals surface area contributed by atoms with Crippen molar-refractivity contribution in [1.29, 1.82) is 0 Å². The van der Waals surface area contributed by atoms with E-state index in [0.717, 1.165) is 24.2 Å². The largest absolute Gasteiger partial charge is 0.353 e. The van der Waals surface area contributed by atoms with Crippen LogP contribution in [-0.4, -0.2) is 21.5 Å². The van der Waals surface area contributed by atoms with Crippen LogP contribution in [0.15, 0.2) is 48.7 Å². The van der Waals surface area contributed by atoms with E-state index in [0.29, 0.717) is 12.6 Å². The predicted octanol–water partition coefficient (Wildman–Crippen LogP) is 3.22. The minimum absolute atomic E-state index is 0.0140. The van der Waals surface area contributed by atoms with Crippen LogP contribution < -0.4 is 5.32 Å². The van der Waals surface area contributed by atoms with Crippen molar-refractivity contribution in [2.75, 3.05) is 5.32 Å². The molecular formula is C16H19N3O. The molecule has 1 aromatic carbocycles. The van der Waals surface area contributed by atoms with E-state index in [1.165, 1.54) is 0 Å². The van der Waals surface area contributed by atoms with Gasteiger partial charge in [-0.05, 0) is 37.1 Å². The van der Waals surface area contributed by atoms with E-state index < -0.39 is 0 Å². The molecule has 1 N–H and O–H groups in total. The number of hydrogen-bond donors (Lipinski definition) is 1. The molecule has 0 radical (unpaired) electrons. The van der Waals surface area contributed by atoms with Gasteiger partial charge in [-0.3, -0.25) is 0 Å². The van der Waals surface area contributed by atoms with Gasteiger partial charge >= 0.3 is 6.03 Å². The SMILES string of the molecule is Cn1cccc1CN(C(=O)Nc1ccccc1)C1CC1. The van der Waals surface area contributed by atoms with E-state index in [-0.39, 0.29) is 6.03 Å². The summed E-state index contributed by atoms with van der Waals surface area (Å²) in [6.45, 7) is 0.660. The Bertz CT molecular complexity index is 587. The zero-order valence-corrected chi connectivity index (χ0v) is 11.6. The van der Waals surface area contributed by atoms with Crippen LogP contribution in [0.25, 0.3) is 0 Å². The highest BCUT2D eigenvalue weighted by atomic mass is 16.2. The number of nitrogens with zero attached hydrogens (tertiary/aromatic N) is 2. The summed E-state index contributed by atoms with van der Waals surface area (Å²) in [5.74, 6) is 0. The third-order valence-corrected chi connectivity index (χ3v) is 3.66. The van der Waals surface area contributed by atoms with Crippen molar-refractivity contribution in [3.05, 3.63) is 54.4 Å². The van der Waals surface area contributed by atoms with E-state index in [9.17, 15) is 4.79 Å². The summed E-state index contributed by atoms with van der Waals surface area (Å²) in [5, 5.41) is 2.97. The first-order chi connectivity index (χ1) is 9.74. The quantitative estimate of drug-likeness (QED) is 0.909. The Morgan fingerprint density at radius 3 is 2.60 bits per heavy atom. The lowest BCUT2D eigenvalue weighted by molar-refractivity contribution is 0.205. The number of amides is 2. The van der Waals surface area contributed by atoms with Crippen LogP contribution in [-0.2, 0) is 13.6 Å². The van der Waals surface area contributed by atoms with Crippen LogP contribution in [0.4, 0.5) is 10.5 Å². The van der Waals surface area contributed by atoms with Crippen LogP contribution in [0.1, 0.15) is 18.5 Å². The minimum atomic E-state index is -0.0140. The van der Waals surface area contributed by atoms with Crippen LogP contribution in [0, 0.1) is 0 Å². The van der Waals surface area contributed by atoms with Crippen LogP contribution in [0.2, 0.25) is 0 Å². The molecule has 3 rings (SSSR count). The van der Waals surface area contributed by atoms with Gasteiger partial charge < -0.3 is 14.8 Å². The van der Waals surface area contributed by atoms with Gasteiger partial charge in [0.05, 0.1) is 6.54 Å². The highest BCUT2D eigenvalue weighted by Gasteiger charge is 2.33. The molecular weight excluding hydrogens is 250 g/mol. The van der Waals surface area contributed by atoms with Crippen molar-refractivity contribution in [3.63, 3.8) is 0 Å². The van der Waals surface area contributed by atoms with Crippen molar-refractivity contribution < 1.29 is 4.79 Å². The fourth-order valence-corrected chi connectivity index (χ4v) is 2.30. The Morgan fingerprint density at radius 2 is 2.00 bits per heavy atom. The highest BCUT2D eigenvalue weighted by molar-refractivity contribution is 5.89. The van der Waals surface area contributed by atoms with Crippen molar-refractivity contribution in [2.45, 2.75) is 25.4 Å². The highest BCUT2D eigenvalue weighted by Crippen LogP contribution is 2.29. The molecule has 0 aliphatic heterocycles. The van der Waals surface area contributed by atoms with E-state index in [4.69, 9.17) is 0 Å². The number of carbonyl (C=O) groups is 1. The molecule has 1 aromatic heterocycles. The first-order valence-corrected chi connectivity index (χ1v) is 6.97. The molecule has 1 saturated carbocycles. The number of nitrogens with one attached hydrogen (secondary N) is 1. The maximum Gasteiger partial charge on any atom is 0.322 e. The standard InChI is InChI=1S/C16H19N3O/c1-18-11-5-8-15(18)12-19(14-9-10-14)16(20)17-13-6-3-2-4-7-13/h2-8,11,14H,9-10,12H2,1H3,(H,17,20). The van der Waals surface area contributed by atoms with E-state index in [1.54, 1.807) is 0 Å². The normalized spacial score (nSPS) is 14.1. The molecule has 20 heavy (non-hydrogen) atoms. The van der Waals surface area contributed by atoms with Crippen LogP contribution in [0.3, 0.4) is 0 Å². The Hall–Kier alpha value is -2.23. The molecule has 0 bridgehead atoms. The summed E-state index contributed by atoms with van der Waals surface area (Å²) in [7, 11) is 2.01. The van der Waals surface area contributed by atoms with Gasteiger partial charge in [0.25, 0.3) is 0 Å². The Morgan fingerprint density at radius 1 is 1.25 bits per heavy atom. The molecule has 1 aliphatic rings. The zero-order valence-electron chi connectivity index (χ0n) is 11.6. The van der Waals surface area contributed by atoms with Crippen molar-refractivity contribution in [2.24, 2.45) is 7.05 Å². The van der Waals surface area contributed by atoms with Crippen molar-refractivity contribution in [1.82, 2.24) is 9.47 Å². The molecule has 0 spiro atoms. The molecule has 0 atom stereocenters. The van der Waals surface area contributed by atoms with Gasteiger partial charge in [0, 0.05) is 30.7 Å². The second kappa shape index (κ2) is 5.41. The Kier molecular flexibility index (Phi) is 3.46. The van der Waals surface area contributed by atoms with Crippen LogP contribution in [0.5, 0.6) is 0 Å². The van der Waals surface area contributed by atoms with Crippen molar-refractivity contribution in [3.8, 4) is 0 Å². The maximum absolute atomic E-state index is 12.4. The molecule has 4 nitrogen and oxygen atoms in total. The number of benzene rings is 1. The summed E-state index contributed by atoms with van der Waals surface area (Å²) < 4.78 is 2.06. The molecule has 2 aromatic rings. The Labute approximate surface area is 119 Å². The molecule has 4 heteroatoms. The molecule has 1 fully saturated rings. The maximum atomic E-state index is 12.4. The summed E-state index contributed by atoms with van der Waals surface area (Å²) in [6.07, 6.45) is 4.22. The monoisotopic (exact) mass is 269 g/mol. The summed E-state index contributed by atoms with van der Waals surface area (Å²) in [6, 6.07) is 14.0. The number of rotatable bonds is 4. The zero-order chi connectivity index (χ0) is 13.9. The van der Waals surface area contributed by atoms with Gasteiger partial charge in [0.1, 0.15) is 0 Å². The number of urea groups is 1. The average molecular weight is 269 g/mol. The molecule has 2 amide bonds. The molecule has 1 heterocycles.